The van der Waals surface area contributed by atoms with Gasteiger partial charge in [0.25, 0.3) is 17.7 Å². The number of nitrogens with one attached hydrogen (secondary N) is 1. The molecular weight excluding hydrogens is 330 g/mol. The Hall–Kier alpha value is -3.80. The summed E-state index contributed by atoms with van der Waals surface area (Å²) in [6, 6.07) is 16.5. The summed E-state index contributed by atoms with van der Waals surface area (Å²) < 4.78 is 0. The Bertz CT molecular complexity index is 979. The highest BCUT2D eigenvalue weighted by molar-refractivity contribution is 6.34. The summed E-state index contributed by atoms with van der Waals surface area (Å²) in [6.45, 7) is 0. The predicted octanol–water partition coefficient (Wildman–Crippen LogP) is 3.13. The topological polar surface area (TPSA) is 79.4 Å². The molecule has 0 atom stereocenters. The molecule has 1 aromatic heterocycles. The number of amides is 3. The van der Waals surface area contributed by atoms with Gasteiger partial charge < -0.3 is 5.32 Å². The van der Waals surface area contributed by atoms with Gasteiger partial charge in [-0.05, 0) is 48.5 Å². The van der Waals surface area contributed by atoms with Crippen LogP contribution in [0, 0.1) is 0 Å². The lowest BCUT2D eigenvalue weighted by Gasteiger charge is -2.14. The molecule has 0 fully saturated rings. The average Bonchev–Trinajstić information content (AvgIpc) is 2.94. The third kappa shape index (κ3) is 2.63. The second-order valence-corrected chi connectivity index (χ2v) is 5.73. The molecule has 0 saturated heterocycles. The van der Waals surface area contributed by atoms with E-state index in [9.17, 15) is 14.4 Å². The highest BCUT2D eigenvalue weighted by Gasteiger charge is 2.36. The third-order valence-corrected chi connectivity index (χ3v) is 4.10. The fourth-order valence-electron chi connectivity index (χ4n) is 2.83. The fraction of sp³-hybridized carbons (Fsp3) is 0. The van der Waals surface area contributed by atoms with Gasteiger partial charge in [-0.25, -0.2) is 4.90 Å². The number of imide groups is 1. The number of rotatable bonds is 3. The molecule has 126 valence electrons. The zero-order valence-electron chi connectivity index (χ0n) is 13.5. The molecule has 0 spiro atoms. The van der Waals surface area contributed by atoms with Crippen LogP contribution in [-0.2, 0) is 0 Å². The summed E-state index contributed by atoms with van der Waals surface area (Å²) in [4.78, 5) is 42.3. The summed E-state index contributed by atoms with van der Waals surface area (Å²) >= 11 is 0. The van der Waals surface area contributed by atoms with Gasteiger partial charge in [-0.2, -0.15) is 0 Å². The van der Waals surface area contributed by atoms with E-state index in [4.69, 9.17) is 0 Å². The van der Waals surface area contributed by atoms with Gasteiger partial charge in [-0.1, -0.05) is 12.1 Å². The van der Waals surface area contributed by atoms with E-state index in [1.807, 2.05) is 0 Å². The molecule has 1 aliphatic heterocycles. The van der Waals surface area contributed by atoms with E-state index in [0.717, 1.165) is 4.90 Å². The molecule has 1 N–H and O–H groups in total. The van der Waals surface area contributed by atoms with E-state index in [0.29, 0.717) is 28.1 Å². The Morgan fingerprint density at radius 2 is 1.50 bits per heavy atom. The normalized spacial score (nSPS) is 12.8. The van der Waals surface area contributed by atoms with Crippen molar-refractivity contribution >= 4 is 29.1 Å². The molecule has 6 heteroatoms. The first-order valence-electron chi connectivity index (χ1n) is 7.94. The maximum atomic E-state index is 12.5. The molecule has 3 aromatic rings. The first-order valence-corrected chi connectivity index (χ1v) is 7.94. The van der Waals surface area contributed by atoms with Gasteiger partial charge in [0.1, 0.15) is 0 Å². The number of hydrogen-bond donors (Lipinski definition) is 1. The largest absolute Gasteiger partial charge is 0.321 e. The zero-order chi connectivity index (χ0) is 18.1. The van der Waals surface area contributed by atoms with E-state index in [2.05, 4.69) is 10.3 Å². The van der Waals surface area contributed by atoms with Crippen LogP contribution in [0.5, 0.6) is 0 Å². The summed E-state index contributed by atoms with van der Waals surface area (Å²) in [5.74, 6) is -1.02. The van der Waals surface area contributed by atoms with Crippen LogP contribution in [0.4, 0.5) is 11.4 Å². The SMILES string of the molecule is O=C(Nc1cccnc1)c1ccc(N2C(=O)c3ccccc3C2=O)cc1. The van der Waals surface area contributed by atoms with Crippen molar-refractivity contribution in [1.82, 2.24) is 4.98 Å². The molecule has 2 heterocycles. The van der Waals surface area contributed by atoms with Crippen LogP contribution in [0.15, 0.2) is 73.1 Å². The Balaban J connectivity index is 1.56. The highest BCUT2D eigenvalue weighted by atomic mass is 16.2. The van der Waals surface area contributed by atoms with Crippen molar-refractivity contribution in [3.8, 4) is 0 Å². The maximum Gasteiger partial charge on any atom is 0.266 e. The number of pyridine rings is 1. The Labute approximate surface area is 149 Å². The number of aromatic nitrogens is 1. The molecule has 2 aromatic carbocycles. The second kappa shape index (κ2) is 6.25. The van der Waals surface area contributed by atoms with Crippen LogP contribution >= 0.6 is 0 Å². The van der Waals surface area contributed by atoms with Crippen molar-refractivity contribution in [2.75, 3.05) is 10.2 Å². The maximum absolute atomic E-state index is 12.5. The molecule has 0 radical (unpaired) electrons. The van der Waals surface area contributed by atoms with Gasteiger partial charge in [-0.15, -0.1) is 0 Å². The lowest BCUT2D eigenvalue weighted by molar-refractivity contribution is 0.0925. The molecule has 0 bridgehead atoms. The van der Waals surface area contributed by atoms with E-state index < -0.39 is 0 Å². The van der Waals surface area contributed by atoms with Gasteiger partial charge >= 0.3 is 0 Å². The average molecular weight is 343 g/mol. The van der Waals surface area contributed by atoms with Crippen molar-refractivity contribution < 1.29 is 14.4 Å². The van der Waals surface area contributed by atoms with Crippen LogP contribution in [0.3, 0.4) is 0 Å². The Morgan fingerprint density at radius 1 is 0.846 bits per heavy atom. The van der Waals surface area contributed by atoms with Gasteiger partial charge in [-0.3, -0.25) is 19.4 Å². The van der Waals surface area contributed by atoms with Crippen LogP contribution in [-0.4, -0.2) is 22.7 Å². The highest BCUT2D eigenvalue weighted by Crippen LogP contribution is 2.28. The number of benzene rings is 2. The van der Waals surface area contributed by atoms with E-state index >= 15 is 0 Å². The minimum atomic E-state index is -0.363. The first kappa shape index (κ1) is 15.7. The van der Waals surface area contributed by atoms with Crippen LogP contribution < -0.4 is 10.2 Å². The van der Waals surface area contributed by atoms with Crippen molar-refractivity contribution in [3.63, 3.8) is 0 Å². The van der Waals surface area contributed by atoms with Crippen molar-refractivity contribution in [2.45, 2.75) is 0 Å². The number of nitrogens with zero attached hydrogens (tertiary/aromatic N) is 2. The van der Waals surface area contributed by atoms with Crippen LogP contribution in [0.1, 0.15) is 31.1 Å². The Morgan fingerprint density at radius 3 is 2.08 bits per heavy atom. The van der Waals surface area contributed by atoms with Crippen molar-refractivity contribution in [2.24, 2.45) is 0 Å². The third-order valence-electron chi connectivity index (χ3n) is 4.10. The molecule has 26 heavy (non-hydrogen) atoms. The molecule has 4 rings (SSSR count). The minimum Gasteiger partial charge on any atom is -0.321 e. The molecule has 1 aliphatic rings. The second-order valence-electron chi connectivity index (χ2n) is 5.73. The summed E-state index contributed by atoms with van der Waals surface area (Å²) in [6.07, 6.45) is 3.16. The molecule has 6 nitrogen and oxygen atoms in total. The van der Waals surface area contributed by atoms with Crippen LogP contribution in [0.25, 0.3) is 0 Å². The molecular formula is C20H13N3O3. The molecule has 0 unspecified atom stereocenters. The lowest BCUT2D eigenvalue weighted by atomic mass is 10.1. The van der Waals surface area contributed by atoms with Crippen molar-refractivity contribution in [3.05, 3.63) is 89.7 Å². The number of hydrogen-bond acceptors (Lipinski definition) is 4. The lowest BCUT2D eigenvalue weighted by Crippen LogP contribution is -2.29. The quantitative estimate of drug-likeness (QED) is 0.741. The van der Waals surface area contributed by atoms with Gasteiger partial charge in [0.2, 0.25) is 0 Å². The number of carbonyl (C=O) groups is 3. The summed E-state index contributed by atoms with van der Waals surface area (Å²) in [7, 11) is 0. The monoisotopic (exact) mass is 343 g/mol. The smallest absolute Gasteiger partial charge is 0.266 e. The van der Waals surface area contributed by atoms with E-state index in [1.165, 1.54) is 0 Å². The van der Waals surface area contributed by atoms with Gasteiger partial charge in [0, 0.05) is 11.8 Å². The molecule has 0 saturated carbocycles. The zero-order valence-corrected chi connectivity index (χ0v) is 13.5. The predicted molar refractivity (Wildman–Crippen MR) is 96.2 cm³/mol. The van der Waals surface area contributed by atoms with Gasteiger partial charge in [0.15, 0.2) is 0 Å². The molecule has 3 amide bonds. The summed E-state index contributed by atoms with van der Waals surface area (Å²) in [5, 5.41) is 2.73. The minimum absolute atomic E-state index is 0.299. The van der Waals surface area contributed by atoms with E-state index in [-0.39, 0.29) is 17.7 Å². The molecule has 0 aliphatic carbocycles. The number of carbonyl (C=O) groups excluding carboxylic acids is 3. The van der Waals surface area contributed by atoms with Gasteiger partial charge in [0.05, 0.1) is 28.7 Å². The number of anilines is 2. The van der Waals surface area contributed by atoms with Crippen LogP contribution in [0.2, 0.25) is 0 Å². The summed E-state index contributed by atoms with van der Waals surface area (Å²) in [5.41, 5.74) is 2.19. The fourth-order valence-corrected chi connectivity index (χ4v) is 2.83. The number of fused-ring (bicyclic) bond motifs is 1. The Kier molecular flexibility index (Phi) is 3.78. The van der Waals surface area contributed by atoms with Crippen molar-refractivity contribution in [1.29, 1.82) is 0 Å². The first-order chi connectivity index (χ1) is 12.6. The standard InChI is InChI=1S/C20H13N3O3/c24-18(22-14-4-3-11-21-12-14)13-7-9-15(10-8-13)23-19(25)16-5-1-2-6-17(16)20(23)26/h1-12H,(H,22,24). The van der Waals surface area contributed by atoms with E-state index in [1.54, 1.807) is 73.1 Å².